The third kappa shape index (κ3) is 2.70. The number of carboxylic acids is 1. The van der Waals surface area contributed by atoms with Gasteiger partial charge in [-0.05, 0) is 19.1 Å². The number of thioether (sulfide) groups is 1. The van der Waals surface area contributed by atoms with Gasteiger partial charge in [-0.3, -0.25) is 10.1 Å². The Morgan fingerprint density at radius 3 is 3.00 bits per heavy atom. The van der Waals surface area contributed by atoms with E-state index in [0.717, 1.165) is 5.56 Å². The summed E-state index contributed by atoms with van der Waals surface area (Å²) in [5.74, 6) is 0.405. The van der Waals surface area contributed by atoms with Crippen LogP contribution >= 0.6 is 11.8 Å². The van der Waals surface area contributed by atoms with Crippen molar-refractivity contribution in [1.29, 1.82) is 0 Å². The van der Waals surface area contributed by atoms with E-state index in [1.165, 1.54) is 11.8 Å². The van der Waals surface area contributed by atoms with E-state index in [9.17, 15) is 9.90 Å². The molecule has 2 unspecified atom stereocenters. The topological polar surface area (TPSA) is 78.8 Å². The van der Waals surface area contributed by atoms with Crippen molar-refractivity contribution in [1.82, 2.24) is 5.32 Å². The van der Waals surface area contributed by atoms with Gasteiger partial charge in [0.1, 0.15) is 17.5 Å². The molecule has 1 aromatic carbocycles. The Labute approximate surface area is 109 Å². The van der Waals surface area contributed by atoms with Crippen molar-refractivity contribution in [3.05, 3.63) is 23.8 Å². The van der Waals surface area contributed by atoms with Gasteiger partial charge in [-0.25, -0.2) is 0 Å². The molecule has 98 valence electrons. The molecule has 0 saturated carbocycles. The summed E-state index contributed by atoms with van der Waals surface area (Å²) in [5.41, 5.74) is 0.864. The number of rotatable bonds is 4. The first-order valence-electron chi connectivity index (χ1n) is 5.68. The summed E-state index contributed by atoms with van der Waals surface area (Å²) >= 11 is 1.52. The van der Waals surface area contributed by atoms with E-state index in [1.54, 1.807) is 18.2 Å². The molecule has 1 saturated heterocycles. The van der Waals surface area contributed by atoms with Crippen molar-refractivity contribution < 1.29 is 19.7 Å². The zero-order chi connectivity index (χ0) is 13.1. The standard InChI is InChI=1S/C12H15NO4S/c1-2-17-10-5-7(14)3-4-8(10)11-13-9(6-18-11)12(15)16/h3-5,9,11,13-14H,2,6H2,1H3,(H,15,16). The Balaban J connectivity index is 2.20. The van der Waals surface area contributed by atoms with Gasteiger partial charge in [0.2, 0.25) is 0 Å². The van der Waals surface area contributed by atoms with Crippen molar-refractivity contribution in [3.8, 4) is 11.5 Å². The number of carbonyl (C=O) groups is 1. The molecule has 1 heterocycles. The molecule has 3 N–H and O–H groups in total. The number of nitrogens with one attached hydrogen (secondary N) is 1. The number of phenols is 1. The maximum absolute atomic E-state index is 10.9. The van der Waals surface area contributed by atoms with Gasteiger partial charge in [-0.1, -0.05) is 0 Å². The highest BCUT2D eigenvalue weighted by Gasteiger charge is 2.31. The number of hydrogen-bond donors (Lipinski definition) is 3. The van der Waals surface area contributed by atoms with E-state index in [2.05, 4.69) is 5.32 Å². The lowest BCUT2D eigenvalue weighted by Gasteiger charge is -2.16. The van der Waals surface area contributed by atoms with Crippen LogP contribution in [-0.2, 0) is 4.79 Å². The fourth-order valence-corrected chi connectivity index (χ4v) is 3.07. The van der Waals surface area contributed by atoms with Gasteiger partial charge in [0, 0.05) is 17.4 Å². The lowest BCUT2D eigenvalue weighted by Crippen LogP contribution is -2.33. The average molecular weight is 269 g/mol. The van der Waals surface area contributed by atoms with Gasteiger partial charge in [-0.15, -0.1) is 11.8 Å². The highest BCUT2D eigenvalue weighted by Crippen LogP contribution is 2.39. The smallest absolute Gasteiger partial charge is 0.321 e. The van der Waals surface area contributed by atoms with Crippen LogP contribution in [0.2, 0.25) is 0 Å². The molecule has 18 heavy (non-hydrogen) atoms. The molecule has 2 rings (SSSR count). The second kappa shape index (κ2) is 5.49. The number of aliphatic carboxylic acids is 1. The summed E-state index contributed by atoms with van der Waals surface area (Å²) in [7, 11) is 0. The summed E-state index contributed by atoms with van der Waals surface area (Å²) in [6.07, 6.45) is 0. The molecular formula is C12H15NO4S. The van der Waals surface area contributed by atoms with Crippen molar-refractivity contribution in [2.24, 2.45) is 0 Å². The molecule has 1 aliphatic heterocycles. The number of hydrogen-bond acceptors (Lipinski definition) is 5. The molecule has 0 radical (unpaired) electrons. The SMILES string of the molecule is CCOc1cc(O)ccc1C1NC(C(=O)O)CS1. The predicted molar refractivity (Wildman–Crippen MR) is 69.0 cm³/mol. The number of phenolic OH excluding ortho intramolecular Hbond substituents is 1. The Morgan fingerprint density at radius 2 is 2.39 bits per heavy atom. The maximum Gasteiger partial charge on any atom is 0.321 e. The first-order valence-corrected chi connectivity index (χ1v) is 6.73. The minimum Gasteiger partial charge on any atom is -0.508 e. The largest absolute Gasteiger partial charge is 0.508 e. The van der Waals surface area contributed by atoms with Crippen LogP contribution < -0.4 is 10.1 Å². The van der Waals surface area contributed by atoms with E-state index in [0.29, 0.717) is 18.1 Å². The number of ether oxygens (including phenoxy) is 1. The maximum atomic E-state index is 10.9. The van der Waals surface area contributed by atoms with Crippen molar-refractivity contribution in [2.45, 2.75) is 18.3 Å². The lowest BCUT2D eigenvalue weighted by molar-refractivity contribution is -0.138. The second-order valence-corrected chi connectivity index (χ2v) is 5.06. The van der Waals surface area contributed by atoms with Gasteiger partial charge in [0.15, 0.2) is 0 Å². The van der Waals surface area contributed by atoms with E-state index in [4.69, 9.17) is 9.84 Å². The average Bonchev–Trinajstić information content (AvgIpc) is 2.79. The predicted octanol–water partition coefficient (Wildman–Crippen LogP) is 1.58. The van der Waals surface area contributed by atoms with Crippen LogP contribution in [0.15, 0.2) is 18.2 Å². The van der Waals surface area contributed by atoms with Gasteiger partial charge < -0.3 is 14.9 Å². The zero-order valence-corrected chi connectivity index (χ0v) is 10.7. The van der Waals surface area contributed by atoms with Crippen molar-refractivity contribution in [3.63, 3.8) is 0 Å². The quantitative estimate of drug-likeness (QED) is 0.770. The zero-order valence-electron chi connectivity index (χ0n) is 9.92. The van der Waals surface area contributed by atoms with Crippen LogP contribution in [0, 0.1) is 0 Å². The summed E-state index contributed by atoms with van der Waals surface area (Å²) in [5, 5.41) is 21.3. The fourth-order valence-electron chi connectivity index (χ4n) is 1.81. The minimum atomic E-state index is -0.846. The summed E-state index contributed by atoms with van der Waals surface area (Å²) in [4.78, 5) is 10.9. The molecule has 1 aromatic rings. The monoisotopic (exact) mass is 269 g/mol. The molecule has 0 bridgehead atoms. The minimum absolute atomic E-state index is 0.117. The molecular weight excluding hydrogens is 254 g/mol. The Bertz CT molecular complexity index is 452. The number of aromatic hydroxyl groups is 1. The van der Waals surface area contributed by atoms with Crippen LogP contribution in [0.1, 0.15) is 17.9 Å². The van der Waals surface area contributed by atoms with E-state index >= 15 is 0 Å². The molecule has 0 amide bonds. The van der Waals surface area contributed by atoms with Gasteiger partial charge in [-0.2, -0.15) is 0 Å². The van der Waals surface area contributed by atoms with E-state index in [1.807, 2.05) is 6.92 Å². The van der Waals surface area contributed by atoms with E-state index in [-0.39, 0.29) is 11.1 Å². The molecule has 6 heteroatoms. The van der Waals surface area contributed by atoms with E-state index < -0.39 is 12.0 Å². The fraction of sp³-hybridized carbons (Fsp3) is 0.417. The number of carboxylic acid groups (broad SMARTS) is 1. The third-order valence-electron chi connectivity index (χ3n) is 2.66. The van der Waals surface area contributed by atoms with Crippen molar-refractivity contribution >= 4 is 17.7 Å². The molecule has 0 spiro atoms. The van der Waals surface area contributed by atoms with Crippen LogP contribution in [0.25, 0.3) is 0 Å². The highest BCUT2D eigenvalue weighted by molar-refractivity contribution is 7.99. The first kappa shape index (κ1) is 13.0. The Morgan fingerprint density at radius 1 is 1.61 bits per heavy atom. The molecule has 1 fully saturated rings. The third-order valence-corrected chi connectivity index (χ3v) is 3.91. The number of benzene rings is 1. The molecule has 0 aromatic heterocycles. The van der Waals surface area contributed by atoms with Crippen LogP contribution in [-0.4, -0.2) is 34.6 Å². The summed E-state index contributed by atoms with van der Waals surface area (Å²) in [6.45, 7) is 2.36. The Hall–Kier alpha value is -1.40. The Kier molecular flexibility index (Phi) is 3.98. The first-order chi connectivity index (χ1) is 8.61. The van der Waals surface area contributed by atoms with Crippen LogP contribution in [0.4, 0.5) is 0 Å². The molecule has 2 atom stereocenters. The lowest BCUT2D eigenvalue weighted by atomic mass is 10.1. The summed E-state index contributed by atoms with van der Waals surface area (Å²) in [6, 6.07) is 4.35. The highest BCUT2D eigenvalue weighted by atomic mass is 32.2. The van der Waals surface area contributed by atoms with Gasteiger partial charge >= 0.3 is 5.97 Å². The molecule has 1 aliphatic rings. The van der Waals surface area contributed by atoms with Crippen LogP contribution in [0.3, 0.4) is 0 Å². The summed E-state index contributed by atoms with van der Waals surface area (Å²) < 4.78 is 5.47. The van der Waals surface area contributed by atoms with Gasteiger partial charge in [0.05, 0.1) is 12.0 Å². The van der Waals surface area contributed by atoms with Crippen molar-refractivity contribution in [2.75, 3.05) is 12.4 Å². The van der Waals surface area contributed by atoms with Gasteiger partial charge in [0.25, 0.3) is 0 Å². The second-order valence-electron chi connectivity index (χ2n) is 3.93. The normalized spacial score (nSPS) is 22.9. The van der Waals surface area contributed by atoms with Crippen LogP contribution in [0.5, 0.6) is 11.5 Å². The molecule has 5 nitrogen and oxygen atoms in total. The molecule has 0 aliphatic carbocycles.